The summed E-state index contributed by atoms with van der Waals surface area (Å²) < 4.78 is 16.7. The summed E-state index contributed by atoms with van der Waals surface area (Å²) in [6.07, 6.45) is 2.39. The molecule has 0 atom stereocenters. The summed E-state index contributed by atoms with van der Waals surface area (Å²) in [6.45, 7) is 6.67. The number of pyridine rings is 4. The van der Waals surface area contributed by atoms with E-state index in [0.717, 1.165) is 58.2 Å². The van der Waals surface area contributed by atoms with Crippen molar-refractivity contribution in [1.29, 1.82) is 0 Å². The maximum atomic E-state index is 13.5. The number of aliphatic hydroxyl groups excluding tert-OH is 1. The van der Waals surface area contributed by atoms with Gasteiger partial charge in [0.05, 0.1) is 64.2 Å². The summed E-state index contributed by atoms with van der Waals surface area (Å²) in [6, 6.07) is 23.6. The molecule has 0 radical (unpaired) electrons. The molecule has 1 saturated carbocycles. The molecule has 4 N–H and O–H groups in total. The van der Waals surface area contributed by atoms with Gasteiger partial charge in [0.1, 0.15) is 32.4 Å². The first-order valence-corrected chi connectivity index (χ1v) is 22.8. The lowest BCUT2D eigenvalue weighted by atomic mass is 10.1. The molecule has 6 aromatic heterocycles. The number of aliphatic hydroxyl groups is 1. The molecule has 63 heavy (non-hydrogen) atoms. The van der Waals surface area contributed by atoms with E-state index in [9.17, 15) is 19.2 Å². The maximum Gasteiger partial charge on any atom is 0.258 e. The number of hydrogen-bond acceptors (Lipinski definition) is 14. The minimum atomic E-state index is -0.489. The van der Waals surface area contributed by atoms with E-state index in [-0.39, 0.29) is 41.0 Å². The summed E-state index contributed by atoms with van der Waals surface area (Å²) in [7, 11) is 0. The van der Waals surface area contributed by atoms with Crippen molar-refractivity contribution in [2.45, 2.75) is 18.9 Å². The number of benzene rings is 2. The van der Waals surface area contributed by atoms with Crippen LogP contribution in [0.15, 0.2) is 82.4 Å². The van der Waals surface area contributed by atoms with Crippen molar-refractivity contribution in [3.05, 3.63) is 104 Å². The maximum absolute atomic E-state index is 13.5. The first kappa shape index (κ1) is 41.0. The number of thiazole rings is 2. The Bertz CT molecular complexity index is 3170. The number of carbonyl (C=O) groups is 2. The van der Waals surface area contributed by atoms with Gasteiger partial charge in [-0.3, -0.25) is 28.0 Å². The minimum absolute atomic E-state index is 0.0815. The van der Waals surface area contributed by atoms with Gasteiger partial charge in [0, 0.05) is 51.9 Å². The number of hydrogen-bond donors (Lipinski definition) is 4. The molecule has 0 spiro atoms. The molecule has 18 heteroatoms. The quantitative estimate of drug-likeness (QED) is 0.145. The molecule has 2 aliphatic heterocycles. The molecule has 8 aromatic rings. The number of nitrogens with zero attached hydrogens (tertiary/aromatic N) is 6. The Hall–Kier alpha value is -6.02. The van der Waals surface area contributed by atoms with E-state index in [0.29, 0.717) is 77.3 Å². The number of nitrogens with one attached hydrogen (secondary N) is 3. The molecular formula is C45H45N9O7S2. The van der Waals surface area contributed by atoms with Crippen LogP contribution in [0.1, 0.15) is 33.6 Å². The molecule has 3 fully saturated rings. The molecule has 324 valence electrons. The molecule has 1 aliphatic carbocycles. The second-order valence-electron chi connectivity index (χ2n) is 15.6. The summed E-state index contributed by atoms with van der Waals surface area (Å²) in [5.41, 5.74) is 2.61. The third kappa shape index (κ3) is 7.87. The molecule has 0 bridgehead atoms. The van der Waals surface area contributed by atoms with Crippen molar-refractivity contribution in [3.8, 4) is 0 Å². The van der Waals surface area contributed by atoms with Crippen LogP contribution in [-0.2, 0) is 9.47 Å². The number of carbonyl (C=O) groups excluding carboxylic acids is 2. The lowest BCUT2D eigenvalue weighted by Gasteiger charge is -2.27. The highest BCUT2D eigenvalue weighted by Crippen LogP contribution is 2.33. The zero-order chi connectivity index (χ0) is 43.0. The SMILES string of the molecule is O=C(NCCNC1CC1)c1c(=O)c2ccc(N3CCOCC3)nc2n2c1sc1ccccc12.O=C(NCCO)c1c(=O)c2ccc(N3CCOCC3)nc2n2c1sc1ccccc12. The van der Waals surface area contributed by atoms with Crippen LogP contribution in [0.2, 0.25) is 0 Å². The largest absolute Gasteiger partial charge is 0.395 e. The second-order valence-corrected chi connectivity index (χ2v) is 17.6. The Balaban J connectivity index is 0.000000150. The van der Waals surface area contributed by atoms with Gasteiger partial charge in [-0.2, -0.15) is 0 Å². The van der Waals surface area contributed by atoms with E-state index in [1.807, 2.05) is 69.5 Å². The number of morpholine rings is 2. The molecular weight excluding hydrogens is 843 g/mol. The van der Waals surface area contributed by atoms with Crippen LogP contribution in [0.4, 0.5) is 11.6 Å². The van der Waals surface area contributed by atoms with Gasteiger partial charge in [-0.1, -0.05) is 24.3 Å². The van der Waals surface area contributed by atoms with Crippen molar-refractivity contribution in [2.75, 3.05) is 88.6 Å². The van der Waals surface area contributed by atoms with E-state index < -0.39 is 5.91 Å². The predicted octanol–water partition coefficient (Wildman–Crippen LogP) is 4.00. The fourth-order valence-electron chi connectivity index (χ4n) is 8.18. The fraction of sp³-hybridized carbons (Fsp3) is 0.333. The van der Waals surface area contributed by atoms with Crippen LogP contribution in [0, 0.1) is 0 Å². The van der Waals surface area contributed by atoms with Crippen LogP contribution in [0.3, 0.4) is 0 Å². The molecule has 3 aliphatic rings. The van der Waals surface area contributed by atoms with Crippen LogP contribution in [0.25, 0.3) is 52.2 Å². The number of rotatable bonds is 10. The van der Waals surface area contributed by atoms with Gasteiger partial charge in [-0.15, -0.1) is 22.7 Å². The molecule has 2 amide bonds. The Morgan fingerprint density at radius 3 is 1.56 bits per heavy atom. The first-order valence-electron chi connectivity index (χ1n) is 21.2. The number of fused-ring (bicyclic) bond motifs is 10. The zero-order valence-corrected chi connectivity index (χ0v) is 35.9. The molecule has 8 heterocycles. The van der Waals surface area contributed by atoms with Gasteiger partial charge in [-0.25, -0.2) is 9.97 Å². The number of ether oxygens (including phenoxy) is 2. The molecule has 11 rings (SSSR count). The number of anilines is 2. The van der Waals surface area contributed by atoms with E-state index in [2.05, 4.69) is 25.8 Å². The van der Waals surface area contributed by atoms with E-state index in [1.54, 1.807) is 12.1 Å². The third-order valence-corrected chi connectivity index (χ3v) is 13.8. The Labute approximate surface area is 367 Å². The van der Waals surface area contributed by atoms with Crippen molar-refractivity contribution < 1.29 is 24.2 Å². The van der Waals surface area contributed by atoms with Gasteiger partial charge in [0.2, 0.25) is 10.9 Å². The van der Waals surface area contributed by atoms with Crippen molar-refractivity contribution in [1.82, 2.24) is 34.7 Å². The monoisotopic (exact) mass is 887 g/mol. The summed E-state index contributed by atoms with van der Waals surface area (Å²) in [5, 5.41) is 18.8. The van der Waals surface area contributed by atoms with Crippen molar-refractivity contribution >= 4 is 98.3 Å². The van der Waals surface area contributed by atoms with Gasteiger partial charge in [0.25, 0.3) is 11.8 Å². The van der Waals surface area contributed by atoms with E-state index in [1.165, 1.54) is 35.5 Å². The molecule has 2 saturated heterocycles. The van der Waals surface area contributed by atoms with E-state index >= 15 is 0 Å². The van der Waals surface area contributed by atoms with Crippen LogP contribution >= 0.6 is 22.7 Å². The average molecular weight is 888 g/mol. The standard InChI is InChI=1S/C24H25N5O3S.C21H20N4O4S/c30-21-16-7-8-19(28-11-13-32-14-12-28)27-22(16)29-17-3-1-2-4-18(17)33-24(29)20(21)23(31)26-10-9-25-15-5-6-15;26-10-7-22-20(28)17-18(27)13-5-6-16(24-8-11-29-12-9-24)23-19(13)25-14-3-1-2-4-15(14)30-21(17)25/h1-4,7-8,15,25H,5-6,9-14H2,(H,26,31);1-6,26H,7-12H2,(H,22,28). The fourth-order valence-corrected chi connectivity index (χ4v) is 10.5. The second kappa shape index (κ2) is 17.6. The Morgan fingerprint density at radius 1 is 0.635 bits per heavy atom. The predicted molar refractivity (Wildman–Crippen MR) is 248 cm³/mol. The molecule has 0 unspecified atom stereocenters. The number of amides is 2. The van der Waals surface area contributed by atoms with Crippen LogP contribution < -0.4 is 36.6 Å². The van der Waals surface area contributed by atoms with Gasteiger partial charge < -0.3 is 40.3 Å². The summed E-state index contributed by atoms with van der Waals surface area (Å²) >= 11 is 2.84. The van der Waals surface area contributed by atoms with Gasteiger partial charge >= 0.3 is 0 Å². The van der Waals surface area contributed by atoms with Gasteiger partial charge in [-0.05, 0) is 61.4 Å². The molecule has 16 nitrogen and oxygen atoms in total. The average Bonchev–Trinajstić information content (AvgIpc) is 3.96. The Kier molecular flexibility index (Phi) is 11.5. The summed E-state index contributed by atoms with van der Waals surface area (Å²) in [4.78, 5) is 68.1. The third-order valence-electron chi connectivity index (χ3n) is 11.5. The van der Waals surface area contributed by atoms with Crippen LogP contribution in [-0.4, -0.2) is 121 Å². The van der Waals surface area contributed by atoms with E-state index in [4.69, 9.17) is 24.5 Å². The van der Waals surface area contributed by atoms with Crippen molar-refractivity contribution in [3.63, 3.8) is 0 Å². The number of aromatic nitrogens is 4. The highest BCUT2D eigenvalue weighted by atomic mass is 32.1. The first-order chi connectivity index (χ1) is 30.9. The normalized spacial score (nSPS) is 15.7. The minimum Gasteiger partial charge on any atom is -0.395 e. The summed E-state index contributed by atoms with van der Waals surface area (Å²) in [5.74, 6) is 0.780. The topological polar surface area (TPSA) is 184 Å². The van der Waals surface area contributed by atoms with Crippen LogP contribution in [0.5, 0.6) is 0 Å². The van der Waals surface area contributed by atoms with Gasteiger partial charge in [0.15, 0.2) is 11.3 Å². The zero-order valence-electron chi connectivity index (χ0n) is 34.3. The smallest absolute Gasteiger partial charge is 0.258 e. The highest BCUT2D eigenvalue weighted by molar-refractivity contribution is 7.24. The highest BCUT2D eigenvalue weighted by Gasteiger charge is 2.26. The van der Waals surface area contributed by atoms with Crippen molar-refractivity contribution in [2.24, 2.45) is 0 Å². The molecule has 2 aromatic carbocycles. The lowest BCUT2D eigenvalue weighted by molar-refractivity contribution is 0.0941. The lowest BCUT2D eigenvalue weighted by Crippen LogP contribution is -2.37. The Morgan fingerprint density at radius 2 is 1.10 bits per heavy atom. The number of para-hydroxylation sites is 2.